The number of aromatic nitrogens is 2. The molecule has 0 spiro atoms. The molecular formula is C10H5F3N2O4. The molecule has 2 rings (SSSR count). The van der Waals surface area contributed by atoms with Gasteiger partial charge < -0.3 is 10.2 Å². The third kappa shape index (κ3) is 2.09. The van der Waals surface area contributed by atoms with Crippen LogP contribution in [-0.4, -0.2) is 31.8 Å². The summed E-state index contributed by atoms with van der Waals surface area (Å²) in [6.07, 6.45) is -3.80. The number of pyridine rings is 1. The van der Waals surface area contributed by atoms with E-state index in [-0.39, 0.29) is 0 Å². The standard InChI is InChI=1S/C10H5F3N2O4/c11-10(12,13)4-1-2-15-5(3-4)6(8(16)17)7(14-15)9(18)19/h1-3H,(H,16,17)(H,18,19). The zero-order chi connectivity index (χ0) is 14.4. The molecule has 0 saturated heterocycles. The van der Waals surface area contributed by atoms with Gasteiger partial charge in [0, 0.05) is 6.20 Å². The summed E-state index contributed by atoms with van der Waals surface area (Å²) in [6.45, 7) is 0. The van der Waals surface area contributed by atoms with E-state index in [0.717, 1.165) is 10.7 Å². The first kappa shape index (κ1) is 12.9. The number of alkyl halides is 3. The van der Waals surface area contributed by atoms with E-state index in [4.69, 9.17) is 10.2 Å². The minimum Gasteiger partial charge on any atom is -0.478 e. The second-order valence-electron chi connectivity index (χ2n) is 3.58. The van der Waals surface area contributed by atoms with Crippen LogP contribution in [0.25, 0.3) is 5.52 Å². The van der Waals surface area contributed by atoms with Crippen molar-refractivity contribution in [1.82, 2.24) is 9.61 Å². The van der Waals surface area contributed by atoms with E-state index in [2.05, 4.69) is 5.10 Å². The molecule has 0 aliphatic rings. The molecule has 0 unspecified atom stereocenters. The average Bonchev–Trinajstić information content (AvgIpc) is 2.65. The fraction of sp³-hybridized carbons (Fsp3) is 0.100. The quantitative estimate of drug-likeness (QED) is 0.870. The van der Waals surface area contributed by atoms with E-state index in [1.807, 2.05) is 0 Å². The number of carbonyl (C=O) groups is 2. The number of carboxylic acids is 2. The van der Waals surface area contributed by atoms with Crippen molar-refractivity contribution in [2.75, 3.05) is 0 Å². The Kier molecular flexibility index (Phi) is 2.69. The van der Waals surface area contributed by atoms with E-state index in [9.17, 15) is 22.8 Å². The number of fused-ring (bicyclic) bond motifs is 1. The van der Waals surface area contributed by atoms with Crippen LogP contribution in [0.1, 0.15) is 26.4 Å². The van der Waals surface area contributed by atoms with Gasteiger partial charge in [0.15, 0.2) is 5.69 Å². The van der Waals surface area contributed by atoms with E-state index in [1.165, 1.54) is 0 Å². The Morgan fingerprint density at radius 3 is 2.32 bits per heavy atom. The van der Waals surface area contributed by atoms with Gasteiger partial charge >= 0.3 is 18.1 Å². The number of halogens is 3. The predicted molar refractivity (Wildman–Crippen MR) is 54.1 cm³/mol. The highest BCUT2D eigenvalue weighted by atomic mass is 19.4. The lowest BCUT2D eigenvalue weighted by Gasteiger charge is -2.06. The maximum absolute atomic E-state index is 12.5. The Morgan fingerprint density at radius 1 is 1.21 bits per heavy atom. The van der Waals surface area contributed by atoms with Gasteiger partial charge in [0.25, 0.3) is 0 Å². The second kappa shape index (κ2) is 3.97. The Balaban J connectivity index is 2.81. The van der Waals surface area contributed by atoms with Crippen LogP contribution in [0, 0.1) is 0 Å². The summed E-state index contributed by atoms with van der Waals surface area (Å²) < 4.78 is 38.3. The first-order valence-corrected chi connectivity index (χ1v) is 4.78. The van der Waals surface area contributed by atoms with Crippen LogP contribution in [0.3, 0.4) is 0 Å². The van der Waals surface area contributed by atoms with Crippen LogP contribution in [0.5, 0.6) is 0 Å². The lowest BCUT2D eigenvalue weighted by Crippen LogP contribution is -2.07. The van der Waals surface area contributed by atoms with Gasteiger partial charge in [0.2, 0.25) is 0 Å². The molecule has 0 aliphatic heterocycles. The van der Waals surface area contributed by atoms with Gasteiger partial charge in [-0.1, -0.05) is 0 Å². The van der Waals surface area contributed by atoms with Crippen LogP contribution in [0.4, 0.5) is 13.2 Å². The van der Waals surface area contributed by atoms with Crippen molar-refractivity contribution in [2.45, 2.75) is 6.18 Å². The molecule has 2 aromatic heterocycles. The van der Waals surface area contributed by atoms with Crippen LogP contribution in [-0.2, 0) is 6.18 Å². The van der Waals surface area contributed by atoms with Crippen molar-refractivity contribution in [3.63, 3.8) is 0 Å². The zero-order valence-corrected chi connectivity index (χ0v) is 8.97. The molecule has 0 fully saturated rings. The number of carboxylic acid groups (broad SMARTS) is 2. The van der Waals surface area contributed by atoms with Crippen LogP contribution < -0.4 is 0 Å². The fourth-order valence-corrected chi connectivity index (χ4v) is 1.58. The molecular weight excluding hydrogens is 269 g/mol. The van der Waals surface area contributed by atoms with Crippen molar-refractivity contribution < 1.29 is 33.0 Å². The first-order chi connectivity index (χ1) is 8.71. The minimum absolute atomic E-state index is 0.431. The van der Waals surface area contributed by atoms with Gasteiger partial charge in [0.05, 0.1) is 11.1 Å². The lowest BCUT2D eigenvalue weighted by molar-refractivity contribution is -0.137. The maximum Gasteiger partial charge on any atom is 0.416 e. The molecule has 100 valence electrons. The molecule has 0 amide bonds. The SMILES string of the molecule is O=C(O)c1nn2ccc(C(F)(F)F)cc2c1C(=O)O. The molecule has 2 N–H and O–H groups in total. The van der Waals surface area contributed by atoms with Crippen LogP contribution in [0.15, 0.2) is 18.3 Å². The van der Waals surface area contributed by atoms with Crippen molar-refractivity contribution in [2.24, 2.45) is 0 Å². The minimum atomic E-state index is -4.66. The summed E-state index contributed by atoms with van der Waals surface area (Å²) in [5, 5.41) is 21.1. The highest BCUT2D eigenvalue weighted by Gasteiger charge is 2.32. The number of nitrogens with zero attached hydrogens (tertiary/aromatic N) is 2. The zero-order valence-electron chi connectivity index (χ0n) is 8.97. The number of hydrogen-bond donors (Lipinski definition) is 2. The van der Waals surface area contributed by atoms with Crippen LogP contribution in [0.2, 0.25) is 0 Å². The lowest BCUT2D eigenvalue weighted by atomic mass is 10.1. The molecule has 0 aliphatic carbocycles. The van der Waals surface area contributed by atoms with Crippen molar-refractivity contribution in [3.8, 4) is 0 Å². The van der Waals surface area contributed by atoms with E-state index >= 15 is 0 Å². The van der Waals surface area contributed by atoms with Crippen molar-refractivity contribution in [3.05, 3.63) is 35.2 Å². The highest BCUT2D eigenvalue weighted by Crippen LogP contribution is 2.30. The van der Waals surface area contributed by atoms with Crippen molar-refractivity contribution >= 4 is 17.5 Å². The normalized spacial score (nSPS) is 11.7. The van der Waals surface area contributed by atoms with Gasteiger partial charge in [-0.2, -0.15) is 18.3 Å². The summed E-state index contributed by atoms with van der Waals surface area (Å²) in [7, 11) is 0. The fourth-order valence-electron chi connectivity index (χ4n) is 1.58. The molecule has 0 bridgehead atoms. The molecule has 0 atom stereocenters. The summed E-state index contributed by atoms with van der Waals surface area (Å²) in [4.78, 5) is 21.8. The summed E-state index contributed by atoms with van der Waals surface area (Å²) in [6, 6.07) is 1.22. The number of aromatic carboxylic acids is 2. The summed E-state index contributed by atoms with van der Waals surface area (Å²) in [5.74, 6) is -3.29. The Hall–Kier alpha value is -2.58. The Bertz CT molecular complexity index is 690. The molecule has 2 heterocycles. The average molecular weight is 274 g/mol. The Morgan fingerprint density at radius 2 is 1.84 bits per heavy atom. The van der Waals surface area contributed by atoms with Gasteiger partial charge in [-0.3, -0.25) is 0 Å². The largest absolute Gasteiger partial charge is 0.478 e. The number of hydrogen-bond acceptors (Lipinski definition) is 3. The van der Waals surface area contributed by atoms with Crippen molar-refractivity contribution in [1.29, 1.82) is 0 Å². The van der Waals surface area contributed by atoms with Gasteiger partial charge in [-0.15, -0.1) is 0 Å². The van der Waals surface area contributed by atoms with E-state index in [0.29, 0.717) is 12.1 Å². The number of rotatable bonds is 2. The third-order valence-electron chi connectivity index (χ3n) is 2.38. The topological polar surface area (TPSA) is 91.9 Å². The molecule has 6 nitrogen and oxygen atoms in total. The van der Waals surface area contributed by atoms with E-state index in [1.54, 1.807) is 0 Å². The first-order valence-electron chi connectivity index (χ1n) is 4.78. The summed E-state index contributed by atoms with van der Waals surface area (Å²) >= 11 is 0. The molecule has 0 radical (unpaired) electrons. The van der Waals surface area contributed by atoms with Gasteiger partial charge in [-0.05, 0) is 12.1 Å². The molecule has 2 aromatic rings. The highest BCUT2D eigenvalue weighted by molar-refractivity contribution is 6.05. The monoisotopic (exact) mass is 274 g/mol. The molecule has 0 aromatic carbocycles. The van der Waals surface area contributed by atoms with Crippen LogP contribution >= 0.6 is 0 Å². The predicted octanol–water partition coefficient (Wildman–Crippen LogP) is 1.75. The summed E-state index contributed by atoms with van der Waals surface area (Å²) in [5.41, 5.74) is -3.11. The van der Waals surface area contributed by atoms with E-state index < -0.39 is 40.5 Å². The second-order valence-corrected chi connectivity index (χ2v) is 3.58. The molecule has 0 saturated carbocycles. The van der Waals surface area contributed by atoms with Gasteiger partial charge in [0.1, 0.15) is 5.56 Å². The maximum atomic E-state index is 12.5. The van der Waals surface area contributed by atoms with Gasteiger partial charge in [-0.25, -0.2) is 14.1 Å². The molecule has 19 heavy (non-hydrogen) atoms. The third-order valence-corrected chi connectivity index (χ3v) is 2.38. The molecule has 9 heteroatoms. The Labute approximate surface area is 102 Å². The smallest absolute Gasteiger partial charge is 0.416 e.